The number of hydrogen-bond donors (Lipinski definition) is 1. The first-order valence-electron chi connectivity index (χ1n) is 6.83. The van der Waals surface area contributed by atoms with Crippen LogP contribution in [0.4, 0.5) is 0 Å². The van der Waals surface area contributed by atoms with Crippen molar-refractivity contribution in [2.75, 3.05) is 0 Å². The Balaban J connectivity index is 2.33. The molecule has 0 bridgehead atoms. The highest BCUT2D eigenvalue weighted by molar-refractivity contribution is 9.10. The van der Waals surface area contributed by atoms with Crippen LogP contribution in [-0.4, -0.2) is 20.9 Å². The number of carboxylic acids is 1. The first-order valence-corrected chi connectivity index (χ1v) is 7.62. The van der Waals surface area contributed by atoms with Crippen LogP contribution in [0.15, 0.2) is 4.47 Å². The summed E-state index contributed by atoms with van der Waals surface area (Å²) in [5.74, 6) is -0.170. The number of aryl methyl sites for hydroxylation is 2. The van der Waals surface area contributed by atoms with Crippen LogP contribution in [0.2, 0.25) is 0 Å². The van der Waals surface area contributed by atoms with E-state index < -0.39 is 11.4 Å². The zero-order valence-electron chi connectivity index (χ0n) is 11.7. The van der Waals surface area contributed by atoms with Crippen molar-refractivity contribution in [3.8, 4) is 0 Å². The van der Waals surface area contributed by atoms with Crippen molar-refractivity contribution >= 4 is 21.9 Å². The zero-order valence-corrected chi connectivity index (χ0v) is 13.3. The van der Waals surface area contributed by atoms with E-state index in [1.54, 1.807) is 0 Å². The SMILES string of the molecule is CCc1nn(C)c(CC2(C(=O)O)CCC(C)C2)c1Br. The van der Waals surface area contributed by atoms with Crippen molar-refractivity contribution in [2.24, 2.45) is 18.4 Å². The molecule has 0 spiro atoms. The van der Waals surface area contributed by atoms with E-state index in [0.717, 1.165) is 41.5 Å². The lowest BCUT2D eigenvalue weighted by Crippen LogP contribution is -2.31. The van der Waals surface area contributed by atoms with Crippen molar-refractivity contribution in [1.82, 2.24) is 9.78 Å². The quantitative estimate of drug-likeness (QED) is 0.923. The Bertz CT molecular complexity index is 498. The second kappa shape index (κ2) is 5.27. The lowest BCUT2D eigenvalue weighted by Gasteiger charge is -2.24. The predicted molar refractivity (Wildman–Crippen MR) is 77.1 cm³/mol. The van der Waals surface area contributed by atoms with E-state index in [0.29, 0.717) is 12.3 Å². The predicted octanol–water partition coefficient (Wildman–Crippen LogP) is 3.18. The first kappa shape index (κ1) is 14.6. The minimum Gasteiger partial charge on any atom is -0.481 e. The van der Waals surface area contributed by atoms with Crippen molar-refractivity contribution in [3.05, 3.63) is 15.9 Å². The number of halogens is 1. The fraction of sp³-hybridized carbons (Fsp3) is 0.714. The maximum absolute atomic E-state index is 11.7. The average Bonchev–Trinajstić information content (AvgIpc) is 2.85. The molecule has 5 heteroatoms. The molecule has 1 saturated carbocycles. The summed E-state index contributed by atoms with van der Waals surface area (Å²) < 4.78 is 2.81. The van der Waals surface area contributed by atoms with Crippen molar-refractivity contribution in [1.29, 1.82) is 0 Å². The highest BCUT2D eigenvalue weighted by Crippen LogP contribution is 2.45. The molecule has 2 rings (SSSR count). The van der Waals surface area contributed by atoms with Gasteiger partial charge in [-0.3, -0.25) is 9.48 Å². The van der Waals surface area contributed by atoms with Gasteiger partial charge in [0.2, 0.25) is 0 Å². The molecule has 1 aromatic heterocycles. The largest absolute Gasteiger partial charge is 0.481 e. The molecule has 2 atom stereocenters. The molecule has 0 aliphatic heterocycles. The van der Waals surface area contributed by atoms with E-state index in [2.05, 4.69) is 34.9 Å². The Labute approximate surface area is 122 Å². The molecule has 1 aromatic rings. The monoisotopic (exact) mass is 328 g/mol. The fourth-order valence-electron chi connectivity index (χ4n) is 3.16. The van der Waals surface area contributed by atoms with Crippen LogP contribution in [0.25, 0.3) is 0 Å². The highest BCUT2D eigenvalue weighted by Gasteiger charge is 2.45. The van der Waals surface area contributed by atoms with Gasteiger partial charge in [0, 0.05) is 13.5 Å². The van der Waals surface area contributed by atoms with Gasteiger partial charge in [0.25, 0.3) is 0 Å². The summed E-state index contributed by atoms with van der Waals surface area (Å²) in [7, 11) is 1.90. The topological polar surface area (TPSA) is 55.1 Å². The molecule has 0 aromatic carbocycles. The van der Waals surface area contributed by atoms with Gasteiger partial charge in [-0.2, -0.15) is 5.10 Å². The summed E-state index contributed by atoms with van der Waals surface area (Å²) in [6.07, 6.45) is 3.95. The smallest absolute Gasteiger partial charge is 0.310 e. The van der Waals surface area contributed by atoms with E-state index in [1.807, 2.05) is 11.7 Å². The second-order valence-corrected chi connectivity index (χ2v) is 6.59. The number of carbonyl (C=O) groups is 1. The zero-order chi connectivity index (χ0) is 14.2. The molecule has 0 radical (unpaired) electrons. The third-order valence-electron chi connectivity index (χ3n) is 4.32. The highest BCUT2D eigenvalue weighted by atomic mass is 79.9. The summed E-state index contributed by atoms with van der Waals surface area (Å²) in [6.45, 7) is 4.20. The van der Waals surface area contributed by atoms with Gasteiger partial charge < -0.3 is 5.11 Å². The van der Waals surface area contributed by atoms with Crippen molar-refractivity contribution in [3.63, 3.8) is 0 Å². The number of rotatable bonds is 4. The number of nitrogens with zero attached hydrogens (tertiary/aromatic N) is 2. The first-order chi connectivity index (χ1) is 8.89. The summed E-state index contributed by atoms with van der Waals surface area (Å²) >= 11 is 3.58. The third-order valence-corrected chi connectivity index (χ3v) is 5.23. The van der Waals surface area contributed by atoms with Crippen LogP contribution in [0.1, 0.15) is 44.5 Å². The maximum Gasteiger partial charge on any atom is 0.310 e. The molecule has 1 fully saturated rings. The minimum atomic E-state index is -0.664. The van der Waals surface area contributed by atoms with E-state index in [1.165, 1.54) is 0 Å². The van der Waals surface area contributed by atoms with Crippen LogP contribution in [-0.2, 0) is 24.7 Å². The van der Waals surface area contributed by atoms with Crippen LogP contribution in [0.5, 0.6) is 0 Å². The number of aromatic nitrogens is 2. The Morgan fingerprint density at radius 3 is 2.74 bits per heavy atom. The van der Waals surface area contributed by atoms with Gasteiger partial charge in [-0.05, 0) is 47.5 Å². The molecule has 4 nitrogen and oxygen atoms in total. The van der Waals surface area contributed by atoms with Crippen LogP contribution in [0.3, 0.4) is 0 Å². The standard InChI is InChI=1S/C14H21BrN2O2/c1-4-10-12(15)11(17(3)16-10)8-14(13(18)19)6-5-9(2)7-14/h9H,4-8H2,1-3H3,(H,18,19). The fourth-order valence-corrected chi connectivity index (χ4v) is 3.91. The van der Waals surface area contributed by atoms with E-state index in [9.17, 15) is 9.90 Å². The average molecular weight is 329 g/mol. The van der Waals surface area contributed by atoms with Gasteiger partial charge in [0.05, 0.1) is 21.3 Å². The van der Waals surface area contributed by atoms with Gasteiger partial charge in [0.1, 0.15) is 0 Å². The molecule has 0 saturated heterocycles. The lowest BCUT2D eigenvalue weighted by atomic mass is 9.81. The van der Waals surface area contributed by atoms with Crippen LogP contribution >= 0.6 is 15.9 Å². The number of aliphatic carboxylic acids is 1. The molecule has 1 N–H and O–H groups in total. The lowest BCUT2D eigenvalue weighted by molar-refractivity contribution is -0.148. The van der Waals surface area contributed by atoms with E-state index >= 15 is 0 Å². The molecule has 1 heterocycles. The molecule has 1 aliphatic carbocycles. The third kappa shape index (κ3) is 2.57. The van der Waals surface area contributed by atoms with Gasteiger partial charge >= 0.3 is 5.97 Å². The minimum absolute atomic E-state index is 0.494. The summed E-state index contributed by atoms with van der Waals surface area (Å²) in [5.41, 5.74) is 1.40. The van der Waals surface area contributed by atoms with E-state index in [-0.39, 0.29) is 0 Å². The summed E-state index contributed by atoms with van der Waals surface area (Å²) in [4.78, 5) is 11.7. The van der Waals surface area contributed by atoms with Gasteiger partial charge in [-0.1, -0.05) is 13.8 Å². The Morgan fingerprint density at radius 1 is 1.63 bits per heavy atom. The summed E-state index contributed by atoms with van der Waals surface area (Å²) in [5, 5.41) is 14.1. The Kier molecular flexibility index (Phi) is 4.04. The molecule has 1 aliphatic rings. The molecule has 0 amide bonds. The molecule has 106 valence electrons. The van der Waals surface area contributed by atoms with Gasteiger partial charge in [-0.25, -0.2) is 0 Å². The molecule has 19 heavy (non-hydrogen) atoms. The Morgan fingerprint density at radius 2 is 2.32 bits per heavy atom. The molecular formula is C14H21BrN2O2. The maximum atomic E-state index is 11.7. The number of carboxylic acid groups (broad SMARTS) is 1. The van der Waals surface area contributed by atoms with Crippen molar-refractivity contribution in [2.45, 2.75) is 46.0 Å². The van der Waals surface area contributed by atoms with Gasteiger partial charge in [-0.15, -0.1) is 0 Å². The molecule has 2 unspecified atom stereocenters. The van der Waals surface area contributed by atoms with Crippen molar-refractivity contribution < 1.29 is 9.90 Å². The van der Waals surface area contributed by atoms with Crippen LogP contribution < -0.4 is 0 Å². The Hall–Kier alpha value is -0.840. The molecular weight excluding hydrogens is 308 g/mol. The second-order valence-electron chi connectivity index (χ2n) is 5.79. The number of hydrogen-bond acceptors (Lipinski definition) is 2. The van der Waals surface area contributed by atoms with Crippen LogP contribution in [0, 0.1) is 11.3 Å². The summed E-state index contributed by atoms with van der Waals surface area (Å²) in [6, 6.07) is 0. The van der Waals surface area contributed by atoms with E-state index in [4.69, 9.17) is 0 Å². The normalized spacial score (nSPS) is 26.8. The van der Waals surface area contributed by atoms with Gasteiger partial charge in [0.15, 0.2) is 0 Å².